The number of rotatable bonds is 6. The van der Waals surface area contributed by atoms with Gasteiger partial charge in [0.25, 0.3) is 0 Å². The molecule has 2 atom stereocenters. The fraction of sp³-hybridized carbons (Fsp3) is 0.250. The van der Waals surface area contributed by atoms with E-state index in [2.05, 4.69) is 0 Å². The van der Waals surface area contributed by atoms with Crippen LogP contribution in [0.1, 0.15) is 28.7 Å². The van der Waals surface area contributed by atoms with Gasteiger partial charge in [0.05, 0.1) is 25.2 Å². The van der Waals surface area contributed by atoms with Crippen molar-refractivity contribution >= 4 is 11.9 Å². The first-order valence-corrected chi connectivity index (χ1v) is 9.57. The largest absolute Gasteiger partial charge is 0.469 e. The van der Waals surface area contributed by atoms with Crippen LogP contribution in [0, 0.1) is 11.8 Å². The van der Waals surface area contributed by atoms with Crippen LogP contribution in [0.3, 0.4) is 0 Å². The smallest absolute Gasteiger partial charge is 0.310 e. The first-order valence-electron chi connectivity index (χ1n) is 9.57. The molecule has 1 aliphatic carbocycles. The molecular weight excluding hydrogens is 368 g/mol. The Bertz CT molecular complexity index is 902. The molecule has 29 heavy (non-hydrogen) atoms. The molecule has 0 radical (unpaired) electrons. The van der Waals surface area contributed by atoms with E-state index in [9.17, 15) is 9.59 Å². The first kappa shape index (κ1) is 19.0. The van der Waals surface area contributed by atoms with E-state index in [-0.39, 0.29) is 30.4 Å². The molecule has 148 valence electrons. The highest BCUT2D eigenvalue weighted by atomic mass is 16.5. The average molecular weight is 390 g/mol. The van der Waals surface area contributed by atoms with Crippen LogP contribution >= 0.6 is 0 Å². The number of benzene rings is 2. The van der Waals surface area contributed by atoms with Crippen LogP contribution in [0.25, 0.3) is 0 Å². The Morgan fingerprint density at radius 2 is 1.34 bits per heavy atom. The van der Waals surface area contributed by atoms with E-state index in [0.717, 1.165) is 11.1 Å². The predicted molar refractivity (Wildman–Crippen MR) is 106 cm³/mol. The lowest BCUT2D eigenvalue weighted by molar-refractivity contribution is -0.167. The third-order valence-electron chi connectivity index (χ3n) is 5.60. The molecule has 5 nitrogen and oxygen atoms in total. The number of carbonyl (C=O) groups excluding carboxylic acids is 2. The molecule has 1 aliphatic rings. The van der Waals surface area contributed by atoms with Crippen LogP contribution in [0.4, 0.5) is 0 Å². The molecule has 0 amide bonds. The number of esters is 2. The highest BCUT2D eigenvalue weighted by molar-refractivity contribution is 5.85. The Hall–Kier alpha value is -3.34. The molecule has 1 aromatic heterocycles. The highest BCUT2D eigenvalue weighted by Crippen LogP contribution is 2.58. The van der Waals surface area contributed by atoms with Crippen LogP contribution in [-0.2, 0) is 25.7 Å². The van der Waals surface area contributed by atoms with Crippen molar-refractivity contribution in [2.75, 3.05) is 7.11 Å². The minimum absolute atomic E-state index is 0.0637. The van der Waals surface area contributed by atoms with E-state index in [1.807, 2.05) is 60.7 Å². The maximum absolute atomic E-state index is 13.1. The van der Waals surface area contributed by atoms with Gasteiger partial charge < -0.3 is 13.9 Å². The molecule has 2 aromatic carbocycles. The Balaban J connectivity index is 1.68. The molecule has 4 rings (SSSR count). The van der Waals surface area contributed by atoms with Gasteiger partial charge in [-0.3, -0.25) is 9.59 Å². The molecule has 0 N–H and O–H groups in total. The van der Waals surface area contributed by atoms with E-state index in [4.69, 9.17) is 13.9 Å². The second-order valence-electron chi connectivity index (χ2n) is 7.13. The molecule has 0 unspecified atom stereocenters. The normalized spacial score (nSPS) is 23.1. The van der Waals surface area contributed by atoms with Gasteiger partial charge in [0, 0.05) is 11.8 Å². The van der Waals surface area contributed by atoms with Gasteiger partial charge in [-0.1, -0.05) is 60.7 Å². The zero-order valence-corrected chi connectivity index (χ0v) is 16.1. The standard InChI is InChI=1S/C24H22O5/c1-27-23(25)21-19(16-9-4-2-5-10-16)22(20(21)17-11-6-3-7-12-17)24(26)29-15-18-13-8-14-28-18/h2-14,19-22H,15H2,1H3/t19-,20-,21?,22?/m0/s1. The second kappa shape index (κ2) is 8.35. The molecule has 0 bridgehead atoms. The van der Waals surface area contributed by atoms with Crippen molar-refractivity contribution in [1.29, 1.82) is 0 Å². The second-order valence-corrected chi connectivity index (χ2v) is 7.13. The predicted octanol–water partition coefficient (Wildman–Crippen LogP) is 4.31. The van der Waals surface area contributed by atoms with Gasteiger partial charge in [0.2, 0.25) is 0 Å². The summed E-state index contributed by atoms with van der Waals surface area (Å²) in [5, 5.41) is 0. The number of hydrogen-bond donors (Lipinski definition) is 0. The minimum Gasteiger partial charge on any atom is -0.469 e. The zero-order valence-electron chi connectivity index (χ0n) is 16.1. The summed E-state index contributed by atoms with van der Waals surface area (Å²) in [6.45, 7) is 0.0637. The monoisotopic (exact) mass is 390 g/mol. The SMILES string of the molecule is COC(=O)C1[C@H](c2ccccc2)C(C(=O)OCc2ccco2)[C@H]1c1ccccc1. The minimum atomic E-state index is -0.487. The third-order valence-corrected chi connectivity index (χ3v) is 5.60. The van der Waals surface area contributed by atoms with Gasteiger partial charge in [0.15, 0.2) is 0 Å². The maximum atomic E-state index is 13.1. The summed E-state index contributed by atoms with van der Waals surface area (Å²) in [6, 6.07) is 22.7. The van der Waals surface area contributed by atoms with Crippen molar-refractivity contribution < 1.29 is 23.5 Å². The van der Waals surface area contributed by atoms with Crippen LogP contribution in [-0.4, -0.2) is 19.0 Å². The molecule has 0 aliphatic heterocycles. The Kier molecular flexibility index (Phi) is 5.47. The highest BCUT2D eigenvalue weighted by Gasteiger charge is 2.59. The number of furan rings is 1. The summed E-state index contributed by atoms with van der Waals surface area (Å²) >= 11 is 0. The van der Waals surface area contributed by atoms with E-state index in [0.29, 0.717) is 5.76 Å². The fourth-order valence-electron chi connectivity index (χ4n) is 4.28. The van der Waals surface area contributed by atoms with Crippen molar-refractivity contribution in [2.24, 2.45) is 11.8 Å². The molecule has 0 saturated heterocycles. The summed E-state index contributed by atoms with van der Waals surface area (Å²) in [5.74, 6) is -1.64. The maximum Gasteiger partial charge on any atom is 0.310 e. The molecule has 1 heterocycles. The average Bonchev–Trinajstić information content (AvgIpc) is 3.27. The summed E-state index contributed by atoms with van der Waals surface area (Å²) < 4.78 is 15.9. The lowest BCUT2D eigenvalue weighted by atomic mass is 9.52. The van der Waals surface area contributed by atoms with Crippen LogP contribution < -0.4 is 0 Å². The molecule has 1 saturated carbocycles. The van der Waals surface area contributed by atoms with Gasteiger partial charge in [0.1, 0.15) is 12.4 Å². The van der Waals surface area contributed by atoms with Gasteiger partial charge >= 0.3 is 11.9 Å². The number of ether oxygens (including phenoxy) is 2. The quantitative estimate of drug-likeness (QED) is 0.587. The third kappa shape index (κ3) is 3.68. The zero-order chi connectivity index (χ0) is 20.2. The lowest BCUT2D eigenvalue weighted by Crippen LogP contribution is -2.51. The van der Waals surface area contributed by atoms with Crippen LogP contribution in [0.15, 0.2) is 83.5 Å². The Labute approximate surface area is 169 Å². The van der Waals surface area contributed by atoms with Gasteiger partial charge in [-0.15, -0.1) is 0 Å². The topological polar surface area (TPSA) is 65.7 Å². The van der Waals surface area contributed by atoms with E-state index in [1.54, 1.807) is 18.4 Å². The fourth-order valence-corrected chi connectivity index (χ4v) is 4.28. The number of carbonyl (C=O) groups is 2. The summed E-state index contributed by atoms with van der Waals surface area (Å²) in [5.41, 5.74) is 1.85. The van der Waals surface area contributed by atoms with E-state index >= 15 is 0 Å². The van der Waals surface area contributed by atoms with Gasteiger partial charge in [-0.2, -0.15) is 0 Å². The molecular formula is C24H22O5. The Morgan fingerprint density at radius 3 is 1.83 bits per heavy atom. The molecule has 3 aromatic rings. The first-order chi connectivity index (χ1) is 14.2. The number of hydrogen-bond acceptors (Lipinski definition) is 5. The van der Waals surface area contributed by atoms with Crippen molar-refractivity contribution in [3.63, 3.8) is 0 Å². The molecule has 0 spiro atoms. The van der Waals surface area contributed by atoms with Crippen LogP contribution in [0.5, 0.6) is 0 Å². The van der Waals surface area contributed by atoms with Crippen LogP contribution in [0.2, 0.25) is 0 Å². The Morgan fingerprint density at radius 1 is 0.793 bits per heavy atom. The lowest BCUT2D eigenvalue weighted by Gasteiger charge is -2.49. The van der Waals surface area contributed by atoms with Gasteiger partial charge in [-0.25, -0.2) is 0 Å². The summed E-state index contributed by atoms with van der Waals surface area (Å²) in [4.78, 5) is 25.8. The van der Waals surface area contributed by atoms with Gasteiger partial charge in [-0.05, 0) is 23.3 Å². The van der Waals surface area contributed by atoms with E-state index in [1.165, 1.54) is 7.11 Å². The molecule has 1 fully saturated rings. The summed E-state index contributed by atoms with van der Waals surface area (Å²) in [6.07, 6.45) is 1.54. The van der Waals surface area contributed by atoms with Crippen molar-refractivity contribution in [1.82, 2.24) is 0 Å². The summed E-state index contributed by atoms with van der Waals surface area (Å²) in [7, 11) is 1.38. The number of methoxy groups -OCH3 is 1. The van der Waals surface area contributed by atoms with E-state index < -0.39 is 11.8 Å². The van der Waals surface area contributed by atoms with Crippen molar-refractivity contribution in [2.45, 2.75) is 18.4 Å². The molecule has 5 heteroatoms. The van der Waals surface area contributed by atoms with Crippen molar-refractivity contribution in [3.05, 3.63) is 95.9 Å². The van der Waals surface area contributed by atoms with Crippen molar-refractivity contribution in [3.8, 4) is 0 Å².